The monoisotopic (exact) mass is 319 g/mol. The molecule has 0 atom stereocenters. The van der Waals surface area contributed by atoms with Crippen LogP contribution in [0.3, 0.4) is 0 Å². The van der Waals surface area contributed by atoms with E-state index < -0.39 is 4.92 Å². The van der Waals surface area contributed by atoms with E-state index in [1.807, 2.05) is 19.4 Å². The van der Waals surface area contributed by atoms with Crippen LogP contribution in [0.5, 0.6) is 0 Å². The molecule has 0 aromatic carbocycles. The Morgan fingerprint density at radius 1 is 1.35 bits per heavy atom. The van der Waals surface area contributed by atoms with Gasteiger partial charge in [0.05, 0.1) is 11.1 Å². The number of aromatic nitrogens is 4. The number of carbonyl (C=O) groups excluding carboxylic acids is 1. The molecule has 10 heteroatoms. The zero-order chi connectivity index (χ0) is 16.4. The van der Waals surface area contributed by atoms with E-state index >= 15 is 0 Å². The lowest BCUT2D eigenvalue weighted by atomic mass is 10.2. The molecule has 0 saturated carbocycles. The van der Waals surface area contributed by atoms with Crippen molar-refractivity contribution < 1.29 is 9.72 Å². The molecule has 0 spiro atoms. The van der Waals surface area contributed by atoms with Gasteiger partial charge in [0.1, 0.15) is 6.20 Å². The Balaban J connectivity index is 1.59. The number of aromatic amines is 1. The Morgan fingerprint density at radius 3 is 2.70 bits per heavy atom. The van der Waals surface area contributed by atoms with Gasteiger partial charge in [-0.3, -0.25) is 29.6 Å². The van der Waals surface area contributed by atoms with Crippen molar-refractivity contribution in [2.24, 2.45) is 7.05 Å². The molecule has 0 aliphatic carbocycles. The summed E-state index contributed by atoms with van der Waals surface area (Å²) in [4.78, 5) is 26.5. The van der Waals surface area contributed by atoms with Gasteiger partial charge in [-0.15, -0.1) is 0 Å². The third-order valence-corrected chi connectivity index (χ3v) is 3.85. The van der Waals surface area contributed by atoms with Gasteiger partial charge in [-0.1, -0.05) is 0 Å². The minimum atomic E-state index is -0.602. The van der Waals surface area contributed by atoms with E-state index in [1.165, 1.54) is 0 Å². The van der Waals surface area contributed by atoms with Gasteiger partial charge < -0.3 is 4.90 Å². The number of aryl methyl sites for hydroxylation is 1. The number of hydrogen-bond acceptors (Lipinski definition) is 6. The van der Waals surface area contributed by atoms with Gasteiger partial charge in [-0.05, 0) is 0 Å². The molecule has 122 valence electrons. The molecule has 10 nitrogen and oxygen atoms in total. The fourth-order valence-corrected chi connectivity index (χ4v) is 2.65. The van der Waals surface area contributed by atoms with Crippen molar-refractivity contribution in [2.45, 2.75) is 6.54 Å². The summed E-state index contributed by atoms with van der Waals surface area (Å²) in [6, 6.07) is 0. The number of nitrogens with zero attached hydrogens (tertiary/aromatic N) is 6. The third-order valence-electron chi connectivity index (χ3n) is 3.85. The molecule has 2 aromatic rings. The Kier molecular flexibility index (Phi) is 4.06. The van der Waals surface area contributed by atoms with Gasteiger partial charge in [0.2, 0.25) is 5.69 Å². The summed E-state index contributed by atoms with van der Waals surface area (Å²) in [7, 11) is 1.87. The van der Waals surface area contributed by atoms with Crippen LogP contribution in [0.15, 0.2) is 18.6 Å². The van der Waals surface area contributed by atoms with Gasteiger partial charge in [0.25, 0.3) is 5.91 Å². The average Bonchev–Trinajstić information content (AvgIpc) is 3.16. The Bertz CT molecular complexity index is 715. The molecular formula is C13H17N7O3. The number of nitro groups is 1. The highest BCUT2D eigenvalue weighted by Gasteiger charge is 2.29. The number of amides is 1. The van der Waals surface area contributed by atoms with Crippen LogP contribution in [0.25, 0.3) is 0 Å². The number of rotatable bonds is 4. The molecule has 2 aromatic heterocycles. The molecule has 0 bridgehead atoms. The Hall–Kier alpha value is -2.75. The first-order valence-electron chi connectivity index (χ1n) is 7.21. The minimum absolute atomic E-state index is 0.0595. The molecular weight excluding hydrogens is 302 g/mol. The maximum Gasteiger partial charge on any atom is 0.319 e. The van der Waals surface area contributed by atoms with Crippen molar-refractivity contribution in [2.75, 3.05) is 26.2 Å². The number of carbonyl (C=O) groups is 1. The van der Waals surface area contributed by atoms with E-state index in [9.17, 15) is 14.9 Å². The first kappa shape index (κ1) is 15.2. The summed E-state index contributed by atoms with van der Waals surface area (Å²) >= 11 is 0. The highest BCUT2D eigenvalue weighted by molar-refractivity contribution is 5.96. The molecule has 1 aliphatic rings. The first-order valence-corrected chi connectivity index (χ1v) is 7.21. The van der Waals surface area contributed by atoms with Crippen molar-refractivity contribution in [1.29, 1.82) is 0 Å². The quantitative estimate of drug-likeness (QED) is 0.627. The summed E-state index contributed by atoms with van der Waals surface area (Å²) < 4.78 is 1.76. The van der Waals surface area contributed by atoms with Crippen molar-refractivity contribution in [1.82, 2.24) is 29.8 Å². The van der Waals surface area contributed by atoms with Crippen LogP contribution in [0.1, 0.15) is 16.1 Å². The van der Waals surface area contributed by atoms with Crippen LogP contribution < -0.4 is 0 Å². The SMILES string of the molecule is Cn1cc(CN2CCN(C(=O)c3[nH]ncc3[N+](=O)[O-])CC2)cn1. The fraction of sp³-hybridized carbons (Fsp3) is 0.462. The zero-order valence-corrected chi connectivity index (χ0v) is 12.7. The molecule has 1 fully saturated rings. The Labute approximate surface area is 131 Å². The fourth-order valence-electron chi connectivity index (χ4n) is 2.65. The van der Waals surface area contributed by atoms with E-state index in [4.69, 9.17) is 0 Å². The van der Waals surface area contributed by atoms with Gasteiger partial charge >= 0.3 is 5.69 Å². The van der Waals surface area contributed by atoms with Crippen LogP contribution in [0.2, 0.25) is 0 Å². The van der Waals surface area contributed by atoms with Gasteiger partial charge in [-0.25, -0.2) is 0 Å². The molecule has 0 radical (unpaired) electrons. The molecule has 3 rings (SSSR count). The summed E-state index contributed by atoms with van der Waals surface area (Å²) in [5, 5.41) is 21.1. The predicted octanol–water partition coefficient (Wildman–Crippen LogP) is 0.00940. The maximum atomic E-state index is 12.4. The third kappa shape index (κ3) is 3.21. The van der Waals surface area contributed by atoms with Crippen molar-refractivity contribution in [3.05, 3.63) is 40.0 Å². The molecule has 1 saturated heterocycles. The topological polar surface area (TPSA) is 113 Å². The van der Waals surface area contributed by atoms with Crippen LogP contribution in [0.4, 0.5) is 5.69 Å². The van der Waals surface area contributed by atoms with Gasteiger partial charge in [0.15, 0.2) is 0 Å². The van der Waals surface area contributed by atoms with E-state index in [0.29, 0.717) is 26.2 Å². The lowest BCUT2D eigenvalue weighted by molar-refractivity contribution is -0.385. The minimum Gasteiger partial charge on any atom is -0.335 e. The molecule has 1 amide bonds. The van der Waals surface area contributed by atoms with Crippen molar-refractivity contribution >= 4 is 11.6 Å². The highest BCUT2D eigenvalue weighted by atomic mass is 16.6. The molecule has 3 heterocycles. The van der Waals surface area contributed by atoms with Gasteiger partial charge in [-0.2, -0.15) is 10.2 Å². The number of nitrogens with one attached hydrogen (secondary N) is 1. The Morgan fingerprint density at radius 2 is 2.09 bits per heavy atom. The van der Waals surface area contributed by atoms with Crippen LogP contribution in [-0.4, -0.2) is 66.8 Å². The summed E-state index contributed by atoms with van der Waals surface area (Å²) in [5.41, 5.74) is 0.778. The summed E-state index contributed by atoms with van der Waals surface area (Å²) in [5.74, 6) is -0.379. The molecule has 0 unspecified atom stereocenters. The van der Waals surface area contributed by atoms with Gasteiger partial charge in [0, 0.05) is 51.5 Å². The molecule has 23 heavy (non-hydrogen) atoms. The molecule has 1 aliphatic heterocycles. The second-order valence-corrected chi connectivity index (χ2v) is 5.48. The number of hydrogen-bond donors (Lipinski definition) is 1. The normalized spacial score (nSPS) is 15.8. The smallest absolute Gasteiger partial charge is 0.319 e. The average molecular weight is 319 g/mol. The number of H-pyrrole nitrogens is 1. The largest absolute Gasteiger partial charge is 0.335 e. The van der Waals surface area contributed by atoms with Crippen molar-refractivity contribution in [3.63, 3.8) is 0 Å². The maximum absolute atomic E-state index is 12.4. The number of piperazine rings is 1. The van der Waals surface area contributed by atoms with Crippen LogP contribution in [0, 0.1) is 10.1 Å². The van der Waals surface area contributed by atoms with Crippen LogP contribution >= 0.6 is 0 Å². The highest BCUT2D eigenvalue weighted by Crippen LogP contribution is 2.18. The van der Waals surface area contributed by atoms with E-state index in [-0.39, 0.29) is 17.3 Å². The summed E-state index contributed by atoms with van der Waals surface area (Å²) in [6.07, 6.45) is 4.85. The van der Waals surface area contributed by atoms with E-state index in [0.717, 1.165) is 18.3 Å². The van der Waals surface area contributed by atoms with E-state index in [2.05, 4.69) is 20.2 Å². The molecule has 1 N–H and O–H groups in total. The standard InChI is InChI=1S/C13H17N7O3/c1-17-8-10(6-15-17)9-18-2-4-19(5-3-18)13(21)12-11(20(22)23)7-14-16-12/h6-8H,2-5,9H2,1H3,(H,14,16). The van der Waals surface area contributed by atoms with E-state index in [1.54, 1.807) is 9.58 Å². The lowest BCUT2D eigenvalue weighted by Gasteiger charge is -2.34. The van der Waals surface area contributed by atoms with Crippen molar-refractivity contribution in [3.8, 4) is 0 Å². The lowest BCUT2D eigenvalue weighted by Crippen LogP contribution is -2.48. The summed E-state index contributed by atoms with van der Waals surface area (Å²) in [6.45, 7) is 3.25. The van der Waals surface area contributed by atoms with Crippen LogP contribution in [-0.2, 0) is 13.6 Å². The zero-order valence-electron chi connectivity index (χ0n) is 12.7. The predicted molar refractivity (Wildman–Crippen MR) is 79.6 cm³/mol. The second-order valence-electron chi connectivity index (χ2n) is 5.48. The first-order chi connectivity index (χ1) is 11.0. The second kappa shape index (κ2) is 6.16.